The maximum atomic E-state index is 13.4. The summed E-state index contributed by atoms with van der Waals surface area (Å²) in [6.45, 7) is 3.33. The minimum atomic E-state index is -4.05. The van der Waals surface area contributed by atoms with Crippen molar-refractivity contribution in [2.24, 2.45) is 0 Å². The van der Waals surface area contributed by atoms with Crippen LogP contribution in [-0.4, -0.2) is 53.7 Å². The van der Waals surface area contributed by atoms with Gasteiger partial charge < -0.3 is 14.5 Å². The van der Waals surface area contributed by atoms with Crippen LogP contribution in [0.5, 0.6) is 5.75 Å². The van der Waals surface area contributed by atoms with Crippen molar-refractivity contribution in [1.82, 2.24) is 4.90 Å². The van der Waals surface area contributed by atoms with E-state index in [4.69, 9.17) is 4.74 Å². The van der Waals surface area contributed by atoms with Crippen molar-refractivity contribution in [1.29, 1.82) is 0 Å². The number of hydrogen-bond donors (Lipinski definition) is 1. The Bertz CT molecular complexity index is 929. The zero-order valence-corrected chi connectivity index (χ0v) is 15.9. The first-order valence-electron chi connectivity index (χ1n) is 8.39. The average Bonchev–Trinajstić information content (AvgIpc) is 2.64. The molecule has 1 aliphatic rings. The lowest BCUT2D eigenvalue weighted by Gasteiger charge is -2.35. The molecule has 6 nitrogen and oxygen atoms in total. The van der Waals surface area contributed by atoms with Crippen molar-refractivity contribution in [3.05, 3.63) is 48.0 Å². The number of benzene rings is 2. The predicted molar refractivity (Wildman–Crippen MR) is 99.9 cm³/mol. The molecule has 0 radical (unpaired) electrons. The van der Waals surface area contributed by atoms with Gasteiger partial charge in [0.25, 0.3) is 10.0 Å². The third-order valence-electron chi connectivity index (χ3n) is 4.48. The first kappa shape index (κ1) is 19.4. The Balaban J connectivity index is 1.88. The van der Waals surface area contributed by atoms with Gasteiger partial charge in [0.05, 0.1) is 23.4 Å². The highest BCUT2D eigenvalue weighted by Crippen LogP contribution is 2.33. The fraction of sp³-hybridized carbons (Fsp3) is 0.333. The van der Waals surface area contributed by atoms with E-state index in [1.165, 1.54) is 0 Å². The highest BCUT2D eigenvalue weighted by atomic mass is 32.2. The average molecular weight is 397 g/mol. The van der Waals surface area contributed by atoms with Crippen LogP contribution in [0.2, 0.25) is 0 Å². The highest BCUT2D eigenvalue weighted by molar-refractivity contribution is 7.92. The fourth-order valence-corrected chi connectivity index (χ4v) is 3.97. The summed E-state index contributed by atoms with van der Waals surface area (Å²) >= 11 is 0. The number of nitrogens with one attached hydrogen (secondary N) is 1. The number of sulfonamides is 1. The number of rotatable bonds is 5. The summed E-state index contributed by atoms with van der Waals surface area (Å²) in [5.41, 5.74) is 1.09. The minimum Gasteiger partial charge on any atom is -0.495 e. The van der Waals surface area contributed by atoms with Gasteiger partial charge in [-0.2, -0.15) is 0 Å². The van der Waals surface area contributed by atoms with Crippen LogP contribution in [0.15, 0.2) is 41.3 Å². The number of piperazine rings is 1. The van der Waals surface area contributed by atoms with Crippen LogP contribution in [0, 0.1) is 11.6 Å². The van der Waals surface area contributed by atoms with Crippen molar-refractivity contribution in [2.75, 3.05) is 50.0 Å². The Kier molecular flexibility index (Phi) is 5.52. The molecule has 0 atom stereocenters. The van der Waals surface area contributed by atoms with Gasteiger partial charge in [-0.05, 0) is 43.4 Å². The van der Waals surface area contributed by atoms with Crippen LogP contribution >= 0.6 is 0 Å². The van der Waals surface area contributed by atoms with E-state index in [1.54, 1.807) is 25.3 Å². The van der Waals surface area contributed by atoms with Crippen LogP contribution in [0.3, 0.4) is 0 Å². The van der Waals surface area contributed by atoms with E-state index in [9.17, 15) is 17.2 Å². The van der Waals surface area contributed by atoms with E-state index in [-0.39, 0.29) is 4.90 Å². The maximum Gasteiger partial charge on any atom is 0.262 e. The Labute approximate surface area is 157 Å². The number of nitrogens with zero attached hydrogens (tertiary/aromatic N) is 2. The van der Waals surface area contributed by atoms with Gasteiger partial charge in [0, 0.05) is 26.2 Å². The molecule has 0 amide bonds. The molecule has 146 valence electrons. The van der Waals surface area contributed by atoms with E-state index in [0.717, 1.165) is 44.0 Å². The molecule has 0 bridgehead atoms. The second kappa shape index (κ2) is 7.69. The first-order valence-corrected chi connectivity index (χ1v) is 9.88. The quantitative estimate of drug-likeness (QED) is 0.840. The van der Waals surface area contributed by atoms with Crippen molar-refractivity contribution in [3.8, 4) is 5.75 Å². The predicted octanol–water partition coefficient (Wildman–Crippen LogP) is 2.53. The minimum absolute atomic E-state index is 0.314. The van der Waals surface area contributed by atoms with Crippen molar-refractivity contribution < 1.29 is 21.9 Å². The molecule has 1 saturated heterocycles. The number of likely N-dealkylation sites (N-methyl/N-ethyl adjacent to an activating group) is 1. The van der Waals surface area contributed by atoms with Gasteiger partial charge in [0.1, 0.15) is 5.75 Å². The summed E-state index contributed by atoms with van der Waals surface area (Å²) < 4.78 is 59.3. The lowest BCUT2D eigenvalue weighted by atomic mass is 10.2. The Hall–Kier alpha value is -2.39. The topological polar surface area (TPSA) is 61.9 Å². The molecule has 1 N–H and O–H groups in total. The van der Waals surface area contributed by atoms with Gasteiger partial charge in [-0.25, -0.2) is 17.2 Å². The molecule has 1 fully saturated rings. The zero-order chi connectivity index (χ0) is 19.6. The van der Waals surface area contributed by atoms with Gasteiger partial charge >= 0.3 is 0 Å². The molecule has 27 heavy (non-hydrogen) atoms. The molecular weight excluding hydrogens is 376 g/mol. The molecule has 0 saturated carbocycles. The van der Waals surface area contributed by atoms with Gasteiger partial charge in [-0.3, -0.25) is 4.72 Å². The molecule has 3 rings (SSSR count). The molecule has 9 heteroatoms. The Morgan fingerprint density at radius 1 is 1.00 bits per heavy atom. The van der Waals surface area contributed by atoms with Crippen LogP contribution < -0.4 is 14.4 Å². The largest absolute Gasteiger partial charge is 0.495 e. The standard InChI is InChI=1S/C18H21F2N3O3S/c1-22-7-9-23(10-8-22)17-11-13(3-6-18(17)26-2)21-27(24,25)14-4-5-15(19)16(20)12-14/h3-6,11-12,21H,7-10H2,1-2H3. The van der Waals surface area contributed by atoms with Gasteiger partial charge in [0.15, 0.2) is 11.6 Å². The van der Waals surface area contributed by atoms with Crippen LogP contribution in [0.4, 0.5) is 20.2 Å². The van der Waals surface area contributed by atoms with E-state index < -0.39 is 21.7 Å². The van der Waals surface area contributed by atoms with Crippen molar-refractivity contribution in [2.45, 2.75) is 4.90 Å². The first-order chi connectivity index (χ1) is 12.8. The number of ether oxygens (including phenoxy) is 1. The molecule has 0 aromatic heterocycles. The molecule has 2 aromatic carbocycles. The third kappa shape index (κ3) is 4.30. The van der Waals surface area contributed by atoms with E-state index in [1.807, 2.05) is 7.05 Å². The summed E-state index contributed by atoms with van der Waals surface area (Å²) in [7, 11) is -0.454. The summed E-state index contributed by atoms with van der Waals surface area (Å²) in [5.74, 6) is -1.68. The second-order valence-electron chi connectivity index (χ2n) is 6.36. The Morgan fingerprint density at radius 3 is 2.33 bits per heavy atom. The smallest absolute Gasteiger partial charge is 0.262 e. The summed E-state index contributed by atoms with van der Waals surface area (Å²) in [5, 5.41) is 0. The normalized spacial score (nSPS) is 15.6. The monoisotopic (exact) mass is 397 g/mol. The SMILES string of the molecule is COc1ccc(NS(=O)(=O)c2ccc(F)c(F)c2)cc1N1CCN(C)CC1. The number of hydrogen-bond acceptors (Lipinski definition) is 5. The summed E-state index contributed by atoms with van der Waals surface area (Å²) in [6, 6.07) is 7.38. The zero-order valence-electron chi connectivity index (χ0n) is 15.1. The maximum absolute atomic E-state index is 13.4. The molecule has 1 aliphatic heterocycles. The van der Waals surface area contributed by atoms with E-state index in [0.29, 0.717) is 17.5 Å². The summed E-state index contributed by atoms with van der Waals surface area (Å²) in [6.07, 6.45) is 0. The van der Waals surface area contributed by atoms with Gasteiger partial charge in [-0.15, -0.1) is 0 Å². The molecule has 0 unspecified atom stereocenters. The molecular formula is C18H21F2N3O3S. The van der Waals surface area contributed by atoms with Crippen molar-refractivity contribution >= 4 is 21.4 Å². The third-order valence-corrected chi connectivity index (χ3v) is 5.86. The van der Waals surface area contributed by atoms with Crippen LogP contribution in [-0.2, 0) is 10.0 Å². The molecule has 0 aliphatic carbocycles. The molecule has 1 heterocycles. The lowest BCUT2D eigenvalue weighted by Crippen LogP contribution is -2.44. The number of anilines is 2. The van der Waals surface area contributed by atoms with Gasteiger partial charge in [-0.1, -0.05) is 0 Å². The number of methoxy groups -OCH3 is 1. The summed E-state index contributed by atoms with van der Waals surface area (Å²) in [4.78, 5) is 3.98. The highest BCUT2D eigenvalue weighted by Gasteiger charge is 2.21. The lowest BCUT2D eigenvalue weighted by molar-refractivity contribution is 0.311. The molecule has 0 spiro atoms. The second-order valence-corrected chi connectivity index (χ2v) is 8.04. The van der Waals surface area contributed by atoms with Gasteiger partial charge in [0.2, 0.25) is 0 Å². The van der Waals surface area contributed by atoms with Crippen LogP contribution in [0.25, 0.3) is 0 Å². The molecule has 2 aromatic rings. The Morgan fingerprint density at radius 2 is 1.70 bits per heavy atom. The fourth-order valence-electron chi connectivity index (χ4n) is 2.91. The van der Waals surface area contributed by atoms with E-state index in [2.05, 4.69) is 14.5 Å². The number of halogens is 2. The van der Waals surface area contributed by atoms with Crippen LogP contribution in [0.1, 0.15) is 0 Å². The van der Waals surface area contributed by atoms with Crippen molar-refractivity contribution in [3.63, 3.8) is 0 Å². The van der Waals surface area contributed by atoms with E-state index >= 15 is 0 Å².